The fourth-order valence-corrected chi connectivity index (χ4v) is 1.91. The van der Waals surface area contributed by atoms with Gasteiger partial charge < -0.3 is 4.90 Å². The van der Waals surface area contributed by atoms with Crippen molar-refractivity contribution in [1.82, 2.24) is 4.90 Å². The molecule has 1 heteroatoms. The van der Waals surface area contributed by atoms with Crippen molar-refractivity contribution in [3.63, 3.8) is 0 Å². The van der Waals surface area contributed by atoms with Crippen molar-refractivity contribution >= 4 is 0 Å². The molecule has 0 amide bonds. The lowest BCUT2D eigenvalue weighted by atomic mass is 10.1. The third kappa shape index (κ3) is 6.78. The summed E-state index contributed by atoms with van der Waals surface area (Å²) in [6, 6.07) is 10.7. The molecular weight excluding hydrogens is 230 g/mol. The van der Waals surface area contributed by atoms with Gasteiger partial charge in [0.1, 0.15) is 0 Å². The van der Waals surface area contributed by atoms with Crippen molar-refractivity contribution in [2.24, 2.45) is 0 Å². The van der Waals surface area contributed by atoms with E-state index in [0.717, 1.165) is 25.9 Å². The van der Waals surface area contributed by atoms with Gasteiger partial charge in [-0.3, -0.25) is 0 Å². The number of nitrogens with zero attached hydrogens (tertiary/aromatic N) is 1. The van der Waals surface area contributed by atoms with Crippen molar-refractivity contribution in [2.75, 3.05) is 20.1 Å². The zero-order valence-corrected chi connectivity index (χ0v) is 12.2. The van der Waals surface area contributed by atoms with Gasteiger partial charge >= 0.3 is 0 Å². The lowest BCUT2D eigenvalue weighted by Gasteiger charge is -2.16. The fraction of sp³-hybridized carbons (Fsp3) is 0.333. The Morgan fingerprint density at radius 1 is 1.21 bits per heavy atom. The predicted octanol–water partition coefficient (Wildman–Crippen LogP) is 4.24. The molecule has 1 aromatic rings. The highest BCUT2D eigenvalue weighted by Crippen LogP contribution is 2.06. The second-order valence-electron chi connectivity index (χ2n) is 4.75. The summed E-state index contributed by atoms with van der Waals surface area (Å²) in [4.78, 5) is 2.39. The summed E-state index contributed by atoms with van der Waals surface area (Å²) >= 11 is 0. The SMILES string of the molecule is C=C/C=C\C(=C/C)CCN(C)CCc1ccccc1. The summed E-state index contributed by atoms with van der Waals surface area (Å²) in [6.45, 7) is 7.99. The molecule has 19 heavy (non-hydrogen) atoms. The van der Waals surface area contributed by atoms with Crippen LogP contribution in [-0.4, -0.2) is 25.0 Å². The van der Waals surface area contributed by atoms with Gasteiger partial charge in [0.05, 0.1) is 0 Å². The topological polar surface area (TPSA) is 3.24 Å². The summed E-state index contributed by atoms with van der Waals surface area (Å²) in [6.07, 6.45) is 10.3. The van der Waals surface area contributed by atoms with Crippen LogP contribution in [-0.2, 0) is 6.42 Å². The molecule has 0 N–H and O–H groups in total. The molecule has 0 aliphatic rings. The van der Waals surface area contributed by atoms with Gasteiger partial charge in [0, 0.05) is 13.1 Å². The number of hydrogen-bond acceptors (Lipinski definition) is 1. The van der Waals surface area contributed by atoms with Crippen LogP contribution in [0.4, 0.5) is 0 Å². The number of allylic oxidation sites excluding steroid dienone is 4. The van der Waals surface area contributed by atoms with Gasteiger partial charge in [0.2, 0.25) is 0 Å². The summed E-state index contributed by atoms with van der Waals surface area (Å²) in [7, 11) is 2.19. The Bertz CT molecular complexity index is 415. The first-order valence-corrected chi connectivity index (χ1v) is 6.93. The Morgan fingerprint density at radius 3 is 2.58 bits per heavy atom. The minimum atomic E-state index is 1.09. The number of benzene rings is 1. The molecule has 0 bridgehead atoms. The number of likely N-dealkylation sites (N-methyl/N-ethyl adjacent to an activating group) is 1. The highest BCUT2D eigenvalue weighted by atomic mass is 15.1. The van der Waals surface area contributed by atoms with Gasteiger partial charge in [0.25, 0.3) is 0 Å². The molecule has 0 saturated carbocycles. The third-order valence-corrected chi connectivity index (χ3v) is 3.22. The van der Waals surface area contributed by atoms with Gasteiger partial charge in [-0.05, 0) is 32.4 Å². The lowest BCUT2D eigenvalue weighted by molar-refractivity contribution is 0.343. The standard InChI is InChI=1S/C18H25N/c1-4-6-10-17(5-2)13-15-19(3)16-14-18-11-8-7-9-12-18/h4-12H,1,13-16H2,2-3H3/b10-6-,17-5+. The van der Waals surface area contributed by atoms with Crippen molar-refractivity contribution in [3.8, 4) is 0 Å². The Kier molecular flexibility index (Phi) is 7.60. The van der Waals surface area contributed by atoms with Crippen molar-refractivity contribution < 1.29 is 0 Å². The van der Waals surface area contributed by atoms with Crippen LogP contribution in [0.2, 0.25) is 0 Å². The first-order valence-electron chi connectivity index (χ1n) is 6.93. The van der Waals surface area contributed by atoms with E-state index in [2.05, 4.69) is 67.9 Å². The second kappa shape index (κ2) is 9.35. The van der Waals surface area contributed by atoms with Crippen LogP contribution < -0.4 is 0 Å². The Hall–Kier alpha value is -1.60. The maximum atomic E-state index is 3.70. The number of hydrogen-bond donors (Lipinski definition) is 0. The van der Waals surface area contributed by atoms with E-state index in [1.807, 2.05) is 12.2 Å². The van der Waals surface area contributed by atoms with E-state index in [1.54, 1.807) is 0 Å². The molecule has 1 nitrogen and oxygen atoms in total. The molecule has 102 valence electrons. The van der Waals surface area contributed by atoms with E-state index in [1.165, 1.54) is 11.1 Å². The third-order valence-electron chi connectivity index (χ3n) is 3.22. The molecule has 0 radical (unpaired) electrons. The van der Waals surface area contributed by atoms with Crippen LogP contribution in [0.25, 0.3) is 0 Å². The molecule has 0 aromatic heterocycles. The smallest absolute Gasteiger partial charge is 0.00189 e. The highest BCUT2D eigenvalue weighted by Gasteiger charge is 2.00. The van der Waals surface area contributed by atoms with E-state index in [-0.39, 0.29) is 0 Å². The van der Waals surface area contributed by atoms with E-state index in [0.29, 0.717) is 0 Å². The Labute approximate surface area is 118 Å². The quantitative estimate of drug-likeness (QED) is 0.628. The summed E-state index contributed by atoms with van der Waals surface area (Å²) in [5, 5.41) is 0. The highest BCUT2D eigenvalue weighted by molar-refractivity contribution is 5.21. The second-order valence-corrected chi connectivity index (χ2v) is 4.75. The average Bonchev–Trinajstić information content (AvgIpc) is 2.46. The zero-order chi connectivity index (χ0) is 13.9. The van der Waals surface area contributed by atoms with Crippen LogP contribution in [0.3, 0.4) is 0 Å². The van der Waals surface area contributed by atoms with Crippen LogP contribution >= 0.6 is 0 Å². The molecule has 0 aliphatic carbocycles. The van der Waals surface area contributed by atoms with Crippen molar-refractivity contribution in [3.05, 3.63) is 72.4 Å². The largest absolute Gasteiger partial charge is 0.306 e. The molecule has 1 rings (SSSR count). The first kappa shape index (κ1) is 15.5. The predicted molar refractivity (Wildman–Crippen MR) is 85.4 cm³/mol. The minimum Gasteiger partial charge on any atom is -0.306 e. The fourth-order valence-electron chi connectivity index (χ4n) is 1.91. The molecular formula is C18H25N. The van der Waals surface area contributed by atoms with E-state index in [9.17, 15) is 0 Å². The summed E-state index contributed by atoms with van der Waals surface area (Å²) in [5.41, 5.74) is 2.78. The summed E-state index contributed by atoms with van der Waals surface area (Å²) < 4.78 is 0. The van der Waals surface area contributed by atoms with E-state index >= 15 is 0 Å². The molecule has 0 unspecified atom stereocenters. The normalized spacial score (nSPS) is 12.3. The van der Waals surface area contributed by atoms with Crippen molar-refractivity contribution in [2.45, 2.75) is 19.8 Å². The molecule has 1 aromatic carbocycles. The Morgan fingerprint density at radius 2 is 1.95 bits per heavy atom. The van der Waals surface area contributed by atoms with E-state index < -0.39 is 0 Å². The first-order chi connectivity index (χ1) is 9.26. The van der Waals surface area contributed by atoms with Crippen LogP contribution in [0.5, 0.6) is 0 Å². The molecule has 0 fully saturated rings. The van der Waals surface area contributed by atoms with Gasteiger partial charge in [-0.25, -0.2) is 0 Å². The molecule has 0 aliphatic heterocycles. The minimum absolute atomic E-state index is 1.09. The van der Waals surface area contributed by atoms with Gasteiger partial charge in [-0.1, -0.05) is 66.8 Å². The van der Waals surface area contributed by atoms with Gasteiger partial charge in [-0.15, -0.1) is 0 Å². The Balaban J connectivity index is 2.29. The zero-order valence-electron chi connectivity index (χ0n) is 12.2. The monoisotopic (exact) mass is 255 g/mol. The molecule has 0 atom stereocenters. The van der Waals surface area contributed by atoms with Crippen LogP contribution in [0.15, 0.2) is 66.8 Å². The van der Waals surface area contributed by atoms with Crippen molar-refractivity contribution in [1.29, 1.82) is 0 Å². The lowest BCUT2D eigenvalue weighted by Crippen LogP contribution is -2.22. The summed E-state index contributed by atoms with van der Waals surface area (Å²) in [5.74, 6) is 0. The van der Waals surface area contributed by atoms with Crippen LogP contribution in [0, 0.1) is 0 Å². The molecule has 0 saturated heterocycles. The molecule has 0 spiro atoms. The maximum Gasteiger partial charge on any atom is 0.00189 e. The maximum absolute atomic E-state index is 3.70. The average molecular weight is 255 g/mol. The van der Waals surface area contributed by atoms with E-state index in [4.69, 9.17) is 0 Å². The molecule has 0 heterocycles. The van der Waals surface area contributed by atoms with Gasteiger partial charge in [-0.2, -0.15) is 0 Å². The van der Waals surface area contributed by atoms with Gasteiger partial charge in [0.15, 0.2) is 0 Å². The van der Waals surface area contributed by atoms with Crippen LogP contribution in [0.1, 0.15) is 18.9 Å². The number of rotatable bonds is 8.